The summed E-state index contributed by atoms with van der Waals surface area (Å²) in [6, 6.07) is 3.86. The largest absolute Gasteiger partial charge is 0.334 e. The molecule has 0 atom stereocenters. The Morgan fingerprint density at radius 2 is 2.21 bits per heavy atom. The van der Waals surface area contributed by atoms with Gasteiger partial charge in [-0.15, -0.1) is 11.3 Å². The van der Waals surface area contributed by atoms with E-state index in [1.54, 1.807) is 11.3 Å². The lowest BCUT2D eigenvalue weighted by molar-refractivity contribution is 0.231. The number of nitrogens with one attached hydrogen (secondary N) is 2. The van der Waals surface area contributed by atoms with Crippen LogP contribution in [-0.2, 0) is 6.54 Å². The number of hydrogen-bond donors (Lipinski definition) is 2. The summed E-state index contributed by atoms with van der Waals surface area (Å²) in [6.07, 6.45) is 0. The van der Waals surface area contributed by atoms with Crippen molar-refractivity contribution in [3.8, 4) is 0 Å². The van der Waals surface area contributed by atoms with Crippen LogP contribution in [0.5, 0.6) is 0 Å². The van der Waals surface area contributed by atoms with E-state index in [0.717, 1.165) is 4.88 Å². The molecule has 0 aliphatic carbocycles. The average molecular weight is 212 g/mol. The number of rotatable bonds is 2. The lowest BCUT2D eigenvalue weighted by Crippen LogP contribution is -2.46. The van der Waals surface area contributed by atoms with Crippen molar-refractivity contribution >= 4 is 17.4 Å². The van der Waals surface area contributed by atoms with Gasteiger partial charge in [-0.2, -0.15) is 0 Å². The molecule has 1 heterocycles. The summed E-state index contributed by atoms with van der Waals surface area (Å²) < 4.78 is 0. The van der Waals surface area contributed by atoms with Crippen molar-refractivity contribution in [2.24, 2.45) is 0 Å². The van der Waals surface area contributed by atoms with Gasteiger partial charge < -0.3 is 10.6 Å². The Balaban J connectivity index is 2.29. The van der Waals surface area contributed by atoms with Crippen molar-refractivity contribution in [3.63, 3.8) is 0 Å². The van der Waals surface area contributed by atoms with Crippen LogP contribution in [0, 0.1) is 0 Å². The van der Waals surface area contributed by atoms with Gasteiger partial charge in [-0.25, -0.2) is 4.79 Å². The maximum Gasteiger partial charge on any atom is 0.315 e. The van der Waals surface area contributed by atoms with Crippen LogP contribution in [-0.4, -0.2) is 11.6 Å². The molecule has 0 saturated heterocycles. The molecule has 0 aliphatic heterocycles. The first-order valence-corrected chi connectivity index (χ1v) is 5.44. The van der Waals surface area contributed by atoms with Crippen LogP contribution < -0.4 is 10.6 Å². The maximum atomic E-state index is 11.3. The summed E-state index contributed by atoms with van der Waals surface area (Å²) in [5.74, 6) is 0. The molecule has 0 spiro atoms. The maximum absolute atomic E-state index is 11.3. The average Bonchev–Trinajstić information content (AvgIpc) is 2.49. The van der Waals surface area contributed by atoms with Crippen molar-refractivity contribution in [1.29, 1.82) is 0 Å². The second-order valence-corrected chi connectivity index (χ2v) is 5.17. The molecule has 0 aliphatic rings. The highest BCUT2D eigenvalue weighted by Crippen LogP contribution is 2.07. The van der Waals surface area contributed by atoms with Gasteiger partial charge in [-0.05, 0) is 32.2 Å². The molecule has 0 radical (unpaired) electrons. The Hall–Kier alpha value is -1.03. The molecule has 0 bridgehead atoms. The van der Waals surface area contributed by atoms with Crippen LogP contribution in [0.25, 0.3) is 0 Å². The minimum absolute atomic E-state index is 0.120. The quantitative estimate of drug-likeness (QED) is 0.776. The van der Waals surface area contributed by atoms with Gasteiger partial charge in [0.05, 0.1) is 6.54 Å². The molecular weight excluding hydrogens is 196 g/mol. The van der Waals surface area contributed by atoms with Gasteiger partial charge in [0.25, 0.3) is 0 Å². The zero-order valence-electron chi connectivity index (χ0n) is 8.76. The fourth-order valence-corrected chi connectivity index (χ4v) is 1.61. The predicted molar refractivity (Wildman–Crippen MR) is 59.4 cm³/mol. The van der Waals surface area contributed by atoms with Gasteiger partial charge in [0, 0.05) is 10.4 Å². The molecule has 0 fully saturated rings. The molecule has 1 aromatic heterocycles. The Morgan fingerprint density at radius 1 is 1.50 bits per heavy atom. The van der Waals surface area contributed by atoms with Crippen LogP contribution in [0.1, 0.15) is 25.6 Å². The lowest BCUT2D eigenvalue weighted by Gasteiger charge is -2.20. The van der Waals surface area contributed by atoms with Gasteiger partial charge >= 0.3 is 6.03 Å². The summed E-state index contributed by atoms with van der Waals surface area (Å²) in [5, 5.41) is 7.64. The zero-order chi connectivity index (χ0) is 10.6. The molecule has 14 heavy (non-hydrogen) atoms. The third kappa shape index (κ3) is 4.28. The van der Waals surface area contributed by atoms with E-state index in [4.69, 9.17) is 0 Å². The smallest absolute Gasteiger partial charge is 0.315 e. The summed E-state index contributed by atoms with van der Waals surface area (Å²) in [6.45, 7) is 6.47. The molecule has 0 unspecified atom stereocenters. The van der Waals surface area contributed by atoms with Crippen molar-refractivity contribution in [2.45, 2.75) is 32.9 Å². The van der Waals surface area contributed by atoms with Crippen molar-refractivity contribution in [3.05, 3.63) is 22.4 Å². The molecule has 0 saturated carbocycles. The predicted octanol–water partition coefficient (Wildman–Crippen LogP) is 2.35. The normalized spacial score (nSPS) is 11.1. The molecule has 0 aromatic carbocycles. The summed E-state index contributed by atoms with van der Waals surface area (Å²) >= 11 is 1.64. The van der Waals surface area contributed by atoms with E-state index in [2.05, 4.69) is 10.6 Å². The molecule has 1 aromatic rings. The van der Waals surface area contributed by atoms with Crippen molar-refractivity contribution in [2.75, 3.05) is 0 Å². The van der Waals surface area contributed by atoms with Gasteiger partial charge in [-0.3, -0.25) is 0 Å². The van der Waals surface area contributed by atoms with E-state index in [0.29, 0.717) is 6.54 Å². The molecule has 4 heteroatoms. The molecule has 78 valence electrons. The second-order valence-electron chi connectivity index (χ2n) is 4.14. The first kappa shape index (κ1) is 11.0. The monoisotopic (exact) mass is 212 g/mol. The van der Waals surface area contributed by atoms with Crippen LogP contribution >= 0.6 is 11.3 Å². The van der Waals surface area contributed by atoms with Gasteiger partial charge in [-0.1, -0.05) is 6.07 Å². The number of hydrogen-bond acceptors (Lipinski definition) is 2. The molecule has 2 N–H and O–H groups in total. The van der Waals surface area contributed by atoms with Crippen molar-refractivity contribution in [1.82, 2.24) is 10.6 Å². The zero-order valence-corrected chi connectivity index (χ0v) is 9.57. The van der Waals surface area contributed by atoms with Crippen LogP contribution in [0.2, 0.25) is 0 Å². The van der Waals surface area contributed by atoms with Crippen molar-refractivity contribution < 1.29 is 4.79 Å². The van der Waals surface area contributed by atoms with Crippen LogP contribution in [0.15, 0.2) is 17.5 Å². The number of amides is 2. The first-order chi connectivity index (χ1) is 6.47. The highest BCUT2D eigenvalue weighted by molar-refractivity contribution is 7.09. The van der Waals surface area contributed by atoms with E-state index in [9.17, 15) is 4.79 Å². The number of thiophene rings is 1. The molecular formula is C10H16N2OS. The minimum atomic E-state index is -0.181. The SMILES string of the molecule is CC(C)(C)NC(=O)NCc1cccs1. The minimum Gasteiger partial charge on any atom is -0.334 e. The topological polar surface area (TPSA) is 41.1 Å². The summed E-state index contributed by atoms with van der Waals surface area (Å²) in [7, 11) is 0. The van der Waals surface area contributed by atoms with Crippen LogP contribution in [0.3, 0.4) is 0 Å². The Kier molecular flexibility index (Phi) is 3.52. The fraction of sp³-hybridized carbons (Fsp3) is 0.500. The second kappa shape index (κ2) is 4.46. The Bertz CT molecular complexity index is 288. The highest BCUT2D eigenvalue weighted by Gasteiger charge is 2.12. The number of urea groups is 1. The Morgan fingerprint density at radius 3 is 2.71 bits per heavy atom. The van der Waals surface area contributed by atoms with E-state index in [1.165, 1.54) is 0 Å². The molecule has 3 nitrogen and oxygen atoms in total. The number of carbonyl (C=O) groups excluding carboxylic acids is 1. The first-order valence-electron chi connectivity index (χ1n) is 4.56. The van der Waals surface area contributed by atoms with E-state index in [-0.39, 0.29) is 11.6 Å². The third-order valence-corrected chi connectivity index (χ3v) is 2.37. The van der Waals surface area contributed by atoms with Gasteiger partial charge in [0.1, 0.15) is 0 Å². The number of carbonyl (C=O) groups is 1. The fourth-order valence-electron chi connectivity index (χ4n) is 0.965. The Labute approximate surface area is 88.5 Å². The highest BCUT2D eigenvalue weighted by atomic mass is 32.1. The molecule has 1 rings (SSSR count). The lowest BCUT2D eigenvalue weighted by atomic mass is 10.1. The van der Waals surface area contributed by atoms with E-state index >= 15 is 0 Å². The van der Waals surface area contributed by atoms with E-state index < -0.39 is 0 Å². The van der Waals surface area contributed by atoms with Gasteiger partial charge in [0.2, 0.25) is 0 Å². The van der Waals surface area contributed by atoms with E-state index in [1.807, 2.05) is 38.3 Å². The standard InChI is InChI=1S/C10H16N2OS/c1-10(2,3)12-9(13)11-7-8-5-4-6-14-8/h4-6H,7H2,1-3H3,(H2,11,12,13). The van der Waals surface area contributed by atoms with Crippen LogP contribution in [0.4, 0.5) is 4.79 Å². The third-order valence-electron chi connectivity index (χ3n) is 1.49. The van der Waals surface area contributed by atoms with Gasteiger partial charge in [0.15, 0.2) is 0 Å². The molecule has 2 amide bonds. The summed E-state index contributed by atoms with van der Waals surface area (Å²) in [4.78, 5) is 12.5. The summed E-state index contributed by atoms with van der Waals surface area (Å²) in [5.41, 5.74) is -0.181.